The first kappa shape index (κ1) is 23.9. The van der Waals surface area contributed by atoms with Gasteiger partial charge in [0, 0.05) is 51.9 Å². The van der Waals surface area contributed by atoms with Gasteiger partial charge in [0.15, 0.2) is 5.96 Å². The largest absolute Gasteiger partial charge is 0.380 e. The Bertz CT molecular complexity index is 333. The number of hydrogen-bond donors (Lipinski definition) is 2. The van der Waals surface area contributed by atoms with E-state index in [0.29, 0.717) is 18.6 Å². The molecule has 1 fully saturated rings. The Morgan fingerprint density at radius 3 is 2.33 bits per heavy atom. The fraction of sp³-hybridized carbons (Fsp3) is 0.941. The van der Waals surface area contributed by atoms with Crippen LogP contribution in [0.1, 0.15) is 27.7 Å². The Labute approximate surface area is 165 Å². The van der Waals surface area contributed by atoms with Crippen molar-refractivity contribution in [1.82, 2.24) is 20.4 Å². The minimum atomic E-state index is 0. The molecule has 2 N–H and O–H groups in total. The molecular weight excluding hydrogens is 417 g/mol. The Morgan fingerprint density at radius 1 is 1.12 bits per heavy atom. The second-order valence-corrected chi connectivity index (χ2v) is 6.49. The van der Waals surface area contributed by atoms with E-state index >= 15 is 0 Å². The maximum atomic E-state index is 5.37. The summed E-state index contributed by atoms with van der Waals surface area (Å²) in [4.78, 5) is 9.80. The smallest absolute Gasteiger partial charge is 0.191 e. The summed E-state index contributed by atoms with van der Waals surface area (Å²) in [7, 11) is 2.20. The average molecular weight is 455 g/mol. The van der Waals surface area contributed by atoms with E-state index in [4.69, 9.17) is 9.73 Å². The summed E-state index contributed by atoms with van der Waals surface area (Å²) in [6.07, 6.45) is 0. The molecule has 0 aromatic carbocycles. The first-order chi connectivity index (χ1) is 11.1. The molecule has 1 unspecified atom stereocenters. The minimum Gasteiger partial charge on any atom is -0.380 e. The van der Waals surface area contributed by atoms with Crippen molar-refractivity contribution < 1.29 is 4.74 Å². The maximum absolute atomic E-state index is 5.37. The van der Waals surface area contributed by atoms with Crippen LogP contribution in [0.5, 0.6) is 0 Å². The van der Waals surface area contributed by atoms with Gasteiger partial charge in [-0.1, -0.05) is 13.8 Å². The summed E-state index contributed by atoms with van der Waals surface area (Å²) in [6.45, 7) is 17.3. The van der Waals surface area contributed by atoms with Crippen LogP contribution >= 0.6 is 24.0 Å². The lowest BCUT2D eigenvalue weighted by Crippen LogP contribution is -2.52. The maximum Gasteiger partial charge on any atom is 0.191 e. The normalized spacial score (nSPS) is 18.3. The molecule has 1 atom stereocenters. The Kier molecular flexibility index (Phi) is 14.0. The van der Waals surface area contributed by atoms with E-state index in [-0.39, 0.29) is 24.0 Å². The van der Waals surface area contributed by atoms with Crippen molar-refractivity contribution in [2.75, 3.05) is 66.1 Å². The number of halogens is 1. The predicted octanol–water partition coefficient (Wildman–Crippen LogP) is 1.47. The van der Waals surface area contributed by atoms with Crippen LogP contribution in [0, 0.1) is 5.92 Å². The second kappa shape index (κ2) is 14.1. The molecule has 1 heterocycles. The third-order valence-electron chi connectivity index (χ3n) is 4.30. The van der Waals surface area contributed by atoms with E-state index in [1.165, 1.54) is 0 Å². The van der Waals surface area contributed by atoms with E-state index in [1.54, 1.807) is 0 Å². The molecule has 0 radical (unpaired) electrons. The van der Waals surface area contributed by atoms with Crippen molar-refractivity contribution in [1.29, 1.82) is 0 Å². The topological polar surface area (TPSA) is 52.1 Å². The van der Waals surface area contributed by atoms with Crippen LogP contribution in [0.3, 0.4) is 0 Å². The Hall–Kier alpha value is -0.120. The van der Waals surface area contributed by atoms with Gasteiger partial charge in [0.2, 0.25) is 0 Å². The molecule has 1 saturated heterocycles. The van der Waals surface area contributed by atoms with E-state index in [9.17, 15) is 0 Å². The molecule has 0 saturated carbocycles. The molecule has 0 aliphatic carbocycles. The molecule has 1 rings (SSSR count). The highest BCUT2D eigenvalue weighted by Crippen LogP contribution is 2.13. The number of likely N-dealkylation sites (N-methyl/N-ethyl adjacent to an activating group) is 1. The van der Waals surface area contributed by atoms with Gasteiger partial charge in [0.1, 0.15) is 0 Å². The van der Waals surface area contributed by atoms with Crippen LogP contribution in [-0.2, 0) is 4.74 Å². The highest BCUT2D eigenvalue weighted by Gasteiger charge is 2.24. The number of hydrogen-bond acceptors (Lipinski definition) is 4. The van der Waals surface area contributed by atoms with Crippen LogP contribution in [-0.4, -0.2) is 87.9 Å². The van der Waals surface area contributed by atoms with Crippen molar-refractivity contribution >= 4 is 29.9 Å². The van der Waals surface area contributed by atoms with Crippen LogP contribution < -0.4 is 10.6 Å². The molecule has 1 aliphatic heterocycles. The summed E-state index contributed by atoms with van der Waals surface area (Å²) in [6, 6.07) is 0.506. The Morgan fingerprint density at radius 2 is 1.79 bits per heavy atom. The second-order valence-electron chi connectivity index (χ2n) is 6.49. The van der Waals surface area contributed by atoms with Gasteiger partial charge in [-0.05, 0) is 26.8 Å². The van der Waals surface area contributed by atoms with Gasteiger partial charge >= 0.3 is 0 Å². The predicted molar refractivity (Wildman–Crippen MR) is 114 cm³/mol. The van der Waals surface area contributed by atoms with Crippen molar-refractivity contribution in [2.45, 2.75) is 33.7 Å². The summed E-state index contributed by atoms with van der Waals surface area (Å²) < 4.78 is 5.37. The van der Waals surface area contributed by atoms with Gasteiger partial charge in [0.05, 0.1) is 13.2 Å². The van der Waals surface area contributed by atoms with Crippen LogP contribution in [0.2, 0.25) is 0 Å². The highest BCUT2D eigenvalue weighted by atomic mass is 127. The lowest BCUT2D eigenvalue weighted by atomic mass is 10.0. The molecule has 0 bridgehead atoms. The van der Waals surface area contributed by atoms with Crippen molar-refractivity contribution in [3.63, 3.8) is 0 Å². The van der Waals surface area contributed by atoms with Crippen molar-refractivity contribution in [2.24, 2.45) is 10.9 Å². The zero-order valence-corrected chi connectivity index (χ0v) is 18.5. The third-order valence-corrected chi connectivity index (χ3v) is 4.30. The highest BCUT2D eigenvalue weighted by molar-refractivity contribution is 14.0. The molecule has 144 valence electrons. The number of guanidine groups is 1. The third kappa shape index (κ3) is 9.39. The zero-order valence-electron chi connectivity index (χ0n) is 16.2. The number of ether oxygens (including phenoxy) is 1. The van der Waals surface area contributed by atoms with Gasteiger partial charge in [-0.3, -0.25) is 9.89 Å². The summed E-state index contributed by atoms with van der Waals surface area (Å²) in [5.74, 6) is 1.50. The number of nitrogens with zero attached hydrogens (tertiary/aromatic N) is 3. The Balaban J connectivity index is 0.00000529. The van der Waals surface area contributed by atoms with Crippen LogP contribution in [0.4, 0.5) is 0 Å². The van der Waals surface area contributed by atoms with E-state index < -0.39 is 0 Å². The lowest BCUT2D eigenvalue weighted by molar-refractivity contribution is 0.0925. The standard InChI is InChI=1S/C17H37N5O.HI/c1-6-18-17(19-8-13-23-7-2)20-14-16(15(3)4)22-11-9-21(5)10-12-22;/h15-16H,6-14H2,1-5H3,(H2,18,19,20);1H. The number of rotatable bonds is 9. The van der Waals surface area contributed by atoms with Crippen molar-refractivity contribution in [3.8, 4) is 0 Å². The first-order valence-corrected chi connectivity index (χ1v) is 9.11. The molecule has 0 spiro atoms. The van der Waals surface area contributed by atoms with Gasteiger partial charge in [0.25, 0.3) is 0 Å². The summed E-state index contributed by atoms with van der Waals surface area (Å²) in [5.41, 5.74) is 0. The zero-order chi connectivity index (χ0) is 17.1. The van der Waals surface area contributed by atoms with E-state index in [2.05, 4.69) is 48.3 Å². The van der Waals surface area contributed by atoms with Gasteiger partial charge in [-0.25, -0.2) is 0 Å². The van der Waals surface area contributed by atoms with Gasteiger partial charge in [-0.15, -0.1) is 24.0 Å². The molecule has 1 aliphatic rings. The molecule has 0 aromatic rings. The summed E-state index contributed by atoms with van der Waals surface area (Å²) in [5, 5.41) is 6.67. The van der Waals surface area contributed by atoms with Crippen LogP contribution in [0.15, 0.2) is 4.99 Å². The monoisotopic (exact) mass is 455 g/mol. The molecular formula is C17H38IN5O. The molecule has 6 nitrogen and oxygen atoms in total. The number of aliphatic imine (C=N–C) groups is 1. The van der Waals surface area contributed by atoms with Crippen LogP contribution in [0.25, 0.3) is 0 Å². The lowest BCUT2D eigenvalue weighted by Gasteiger charge is -2.39. The summed E-state index contributed by atoms with van der Waals surface area (Å²) >= 11 is 0. The molecule has 7 heteroatoms. The van der Waals surface area contributed by atoms with Gasteiger partial charge < -0.3 is 20.3 Å². The van der Waals surface area contributed by atoms with Gasteiger partial charge in [-0.2, -0.15) is 0 Å². The fourth-order valence-electron chi connectivity index (χ4n) is 2.81. The first-order valence-electron chi connectivity index (χ1n) is 9.11. The van der Waals surface area contributed by atoms with Crippen molar-refractivity contribution in [3.05, 3.63) is 0 Å². The fourth-order valence-corrected chi connectivity index (χ4v) is 2.81. The van der Waals surface area contributed by atoms with E-state index in [0.717, 1.165) is 58.4 Å². The quantitative estimate of drug-likeness (QED) is 0.239. The van der Waals surface area contributed by atoms with E-state index in [1.807, 2.05) is 6.92 Å². The molecule has 24 heavy (non-hydrogen) atoms. The number of piperazine rings is 1. The SMILES string of the molecule is CCNC(=NCC(C(C)C)N1CCN(C)CC1)NCCOCC.I. The minimum absolute atomic E-state index is 0. The molecule has 0 amide bonds. The average Bonchev–Trinajstić information content (AvgIpc) is 2.53. The molecule has 0 aromatic heterocycles. The number of nitrogens with one attached hydrogen (secondary N) is 2.